The van der Waals surface area contributed by atoms with Crippen LogP contribution in [-0.4, -0.2) is 5.48 Å². The van der Waals surface area contributed by atoms with E-state index in [1.165, 1.54) is 38.5 Å². The zero-order valence-electron chi connectivity index (χ0n) is 14.2. The van der Waals surface area contributed by atoms with Gasteiger partial charge in [0.1, 0.15) is 0 Å². The molecule has 0 aromatic heterocycles. The fourth-order valence-electron chi connectivity index (χ4n) is 3.78. The minimum atomic E-state index is 0. The minimum absolute atomic E-state index is 0. The Hall–Kier alpha value is -0.0400. The lowest BCUT2D eigenvalue weighted by atomic mass is 9.71. The maximum absolute atomic E-state index is 2.40. The summed E-state index contributed by atoms with van der Waals surface area (Å²) in [6.07, 6.45) is 8.79. The summed E-state index contributed by atoms with van der Waals surface area (Å²) >= 11 is 0. The van der Waals surface area contributed by atoms with Crippen molar-refractivity contribution in [3.8, 4) is 0 Å². The summed E-state index contributed by atoms with van der Waals surface area (Å²) in [6.45, 7) is 14.3. The fourth-order valence-corrected chi connectivity index (χ4v) is 3.78. The van der Waals surface area contributed by atoms with Crippen LogP contribution in [0.5, 0.6) is 0 Å². The van der Waals surface area contributed by atoms with E-state index >= 15 is 0 Å². The van der Waals surface area contributed by atoms with Gasteiger partial charge in [-0.2, -0.15) is 0 Å². The van der Waals surface area contributed by atoms with E-state index in [9.17, 15) is 0 Å². The Bertz CT molecular complexity index is 201. The molecule has 1 nitrogen and oxygen atoms in total. The van der Waals surface area contributed by atoms with Crippen molar-refractivity contribution in [2.45, 2.75) is 80.1 Å². The highest BCUT2D eigenvalue weighted by atomic mass is 16.0. The van der Waals surface area contributed by atoms with Crippen molar-refractivity contribution in [2.75, 3.05) is 0 Å². The highest BCUT2D eigenvalue weighted by Crippen LogP contribution is 2.36. The first-order valence-electron chi connectivity index (χ1n) is 8.40. The second-order valence-corrected chi connectivity index (χ2v) is 7.76. The fraction of sp³-hybridized carbons (Fsp3) is 1.00. The van der Waals surface area contributed by atoms with Gasteiger partial charge in [0.2, 0.25) is 0 Å². The lowest BCUT2D eigenvalue weighted by Gasteiger charge is -2.35. The molecule has 2 unspecified atom stereocenters. The van der Waals surface area contributed by atoms with Crippen LogP contribution >= 0.6 is 0 Å². The molecule has 2 N–H and O–H groups in total. The van der Waals surface area contributed by atoms with Gasteiger partial charge >= 0.3 is 0 Å². The van der Waals surface area contributed by atoms with E-state index in [1.807, 2.05) is 0 Å². The van der Waals surface area contributed by atoms with Gasteiger partial charge in [0.25, 0.3) is 0 Å². The van der Waals surface area contributed by atoms with E-state index in [1.54, 1.807) is 0 Å². The summed E-state index contributed by atoms with van der Waals surface area (Å²) in [5, 5.41) is 0. The van der Waals surface area contributed by atoms with Gasteiger partial charge < -0.3 is 5.48 Å². The van der Waals surface area contributed by atoms with Crippen molar-refractivity contribution < 1.29 is 6.90 Å². The first-order chi connectivity index (χ1) is 8.40. The maximum atomic E-state index is 2.40. The Morgan fingerprint density at radius 1 is 0.579 bits per heavy atom. The van der Waals surface area contributed by atoms with Crippen molar-refractivity contribution in [2.24, 2.45) is 35.5 Å². The summed E-state index contributed by atoms with van der Waals surface area (Å²) in [5.74, 6) is 5.88. The summed E-state index contributed by atoms with van der Waals surface area (Å²) in [6, 6.07) is 0. The number of rotatable bonds is 0. The molecule has 0 saturated heterocycles. The molecule has 0 spiro atoms. The molecule has 0 bridgehead atoms. The van der Waals surface area contributed by atoms with Crippen molar-refractivity contribution in [1.82, 2.24) is 0 Å². The summed E-state index contributed by atoms with van der Waals surface area (Å²) in [4.78, 5) is 0. The molecular formula is C18H40O. The molecule has 0 aliphatic heterocycles. The van der Waals surface area contributed by atoms with Gasteiger partial charge in [-0.25, -0.2) is 0 Å². The van der Waals surface area contributed by atoms with Crippen LogP contribution in [0.1, 0.15) is 81.5 Å². The molecule has 2 aliphatic rings. The second-order valence-electron chi connectivity index (χ2n) is 7.76. The highest BCUT2D eigenvalue weighted by molar-refractivity contribution is 4.77. The van der Waals surface area contributed by atoms with Gasteiger partial charge in [-0.15, -0.1) is 0 Å². The van der Waals surface area contributed by atoms with Gasteiger partial charge in [0.15, 0.2) is 0 Å². The summed E-state index contributed by atoms with van der Waals surface area (Å²) in [5.41, 5.74) is 0. The van der Waals surface area contributed by atoms with E-state index in [2.05, 4.69) is 41.5 Å². The zero-order chi connectivity index (χ0) is 13.7. The van der Waals surface area contributed by atoms with Crippen LogP contribution in [0.2, 0.25) is 0 Å². The van der Waals surface area contributed by atoms with E-state index < -0.39 is 0 Å². The van der Waals surface area contributed by atoms with Gasteiger partial charge in [-0.05, 0) is 48.3 Å². The van der Waals surface area contributed by atoms with Crippen LogP contribution in [0.3, 0.4) is 0 Å². The average molecular weight is 273 g/mol. The molecule has 0 aromatic rings. The molecular weight excluding hydrogens is 232 g/mol. The molecule has 0 amide bonds. The molecule has 2 aliphatic carbocycles. The van der Waals surface area contributed by atoms with Crippen LogP contribution < -0.4 is 0 Å². The van der Waals surface area contributed by atoms with Crippen molar-refractivity contribution in [3.63, 3.8) is 0 Å². The third-order valence-electron chi connectivity index (χ3n) is 5.65. The topological polar surface area (TPSA) is 31.5 Å². The first-order valence-corrected chi connectivity index (χ1v) is 8.40. The summed E-state index contributed by atoms with van der Waals surface area (Å²) < 4.78 is 0. The molecule has 0 aromatic carbocycles. The smallest absolute Gasteiger partial charge is 0 e. The highest BCUT2D eigenvalue weighted by Gasteiger charge is 2.27. The molecule has 0 radical (unpaired) electrons. The molecule has 118 valence electrons. The molecule has 2 fully saturated rings. The zero-order valence-corrected chi connectivity index (χ0v) is 14.2. The normalized spacial score (nSPS) is 42.6. The van der Waals surface area contributed by atoms with Crippen molar-refractivity contribution in [1.29, 1.82) is 0 Å². The third-order valence-corrected chi connectivity index (χ3v) is 5.65. The Morgan fingerprint density at radius 2 is 0.895 bits per heavy atom. The lowest BCUT2D eigenvalue weighted by molar-refractivity contribution is 0.151. The van der Waals surface area contributed by atoms with Crippen molar-refractivity contribution in [3.05, 3.63) is 0 Å². The lowest BCUT2D eigenvalue weighted by Crippen LogP contribution is -2.26. The molecule has 0 heterocycles. The average Bonchev–Trinajstić information content (AvgIpc) is 2.31. The SMILES string of the molecule is CC1CC(C)C(C)C(C)C1.CC1CCC(C)CC1.O.[HH]. The predicted molar refractivity (Wildman–Crippen MR) is 88.4 cm³/mol. The van der Waals surface area contributed by atoms with E-state index in [0.717, 1.165) is 35.5 Å². The van der Waals surface area contributed by atoms with Gasteiger partial charge in [0, 0.05) is 1.43 Å². The Labute approximate surface area is 123 Å². The molecule has 1 heteroatoms. The van der Waals surface area contributed by atoms with E-state index in [0.29, 0.717) is 0 Å². The number of hydrogen-bond donors (Lipinski definition) is 0. The molecule has 19 heavy (non-hydrogen) atoms. The molecule has 2 atom stereocenters. The summed E-state index contributed by atoms with van der Waals surface area (Å²) in [7, 11) is 0. The molecule has 2 saturated carbocycles. The second kappa shape index (κ2) is 9.00. The first kappa shape index (κ1) is 19.0. The predicted octanol–water partition coefficient (Wildman–Crippen LogP) is 5.58. The standard InChI is InChI=1S/C10H20.C8H16.H2O.H2/c1-7-5-8(2)10(4)9(3)6-7;1-7-3-5-8(2)6-4-7;;/h7-10H,5-6H2,1-4H3;7-8H,3-6H2,1-2H3;1H2;1H. The quantitative estimate of drug-likeness (QED) is 0.551. The van der Waals surface area contributed by atoms with Gasteiger partial charge in [0.05, 0.1) is 0 Å². The van der Waals surface area contributed by atoms with Crippen LogP contribution in [0.4, 0.5) is 0 Å². The van der Waals surface area contributed by atoms with E-state index in [4.69, 9.17) is 0 Å². The van der Waals surface area contributed by atoms with Crippen LogP contribution in [-0.2, 0) is 0 Å². The van der Waals surface area contributed by atoms with E-state index in [-0.39, 0.29) is 6.90 Å². The monoisotopic (exact) mass is 272 g/mol. The van der Waals surface area contributed by atoms with Gasteiger partial charge in [-0.1, -0.05) is 67.2 Å². The Kier molecular flexibility index (Phi) is 8.98. The molecule has 2 rings (SSSR count). The maximum Gasteiger partial charge on any atom is 0 e. The van der Waals surface area contributed by atoms with Crippen LogP contribution in [0.25, 0.3) is 0 Å². The van der Waals surface area contributed by atoms with Gasteiger partial charge in [-0.3, -0.25) is 0 Å². The van der Waals surface area contributed by atoms with Crippen LogP contribution in [0.15, 0.2) is 0 Å². The van der Waals surface area contributed by atoms with Crippen molar-refractivity contribution >= 4 is 0 Å². The Morgan fingerprint density at radius 3 is 1.21 bits per heavy atom. The third kappa shape index (κ3) is 6.79. The largest absolute Gasteiger partial charge is 0.412 e. The van der Waals surface area contributed by atoms with Crippen LogP contribution in [0, 0.1) is 35.5 Å². The minimum Gasteiger partial charge on any atom is -0.412 e. The number of hydrogen-bond acceptors (Lipinski definition) is 0. The Balaban J connectivity index is 0.